The molecular weight excluding hydrogens is 258 g/mol. The summed E-state index contributed by atoms with van der Waals surface area (Å²) >= 11 is 0. The lowest BCUT2D eigenvalue weighted by Crippen LogP contribution is -2.45. The quantitative estimate of drug-likeness (QED) is 0.859. The second-order valence-electron chi connectivity index (χ2n) is 5.49. The molecule has 0 radical (unpaired) electrons. The van der Waals surface area contributed by atoms with Crippen molar-refractivity contribution in [3.05, 3.63) is 24.2 Å². The van der Waals surface area contributed by atoms with Gasteiger partial charge in [-0.05, 0) is 30.4 Å². The van der Waals surface area contributed by atoms with Crippen LogP contribution in [0.4, 0.5) is 0 Å². The number of esters is 1. The van der Waals surface area contributed by atoms with Crippen molar-refractivity contribution >= 4 is 11.9 Å². The zero-order valence-corrected chi connectivity index (χ0v) is 11.9. The predicted octanol–water partition coefficient (Wildman–Crippen LogP) is 2.38. The molecule has 0 unspecified atom stereocenters. The van der Waals surface area contributed by atoms with Gasteiger partial charge in [-0.3, -0.25) is 4.79 Å². The molecule has 1 heterocycles. The summed E-state index contributed by atoms with van der Waals surface area (Å²) in [5.41, 5.74) is 0. The summed E-state index contributed by atoms with van der Waals surface area (Å²) in [6.07, 6.45) is 4.72. The monoisotopic (exact) mass is 279 g/mol. The topological polar surface area (TPSA) is 68.5 Å². The van der Waals surface area contributed by atoms with E-state index in [-0.39, 0.29) is 24.3 Å². The van der Waals surface area contributed by atoms with Crippen molar-refractivity contribution in [3.8, 4) is 0 Å². The molecule has 0 aliphatic heterocycles. The smallest absolute Gasteiger partial charge is 0.374 e. The molecule has 0 bridgehead atoms. The molecule has 0 saturated heterocycles. The third-order valence-corrected chi connectivity index (χ3v) is 4.11. The Kier molecular flexibility index (Phi) is 4.82. The lowest BCUT2D eigenvalue weighted by Gasteiger charge is -2.34. The highest BCUT2D eigenvalue weighted by Gasteiger charge is 2.28. The molecule has 1 aromatic rings. The first-order valence-electron chi connectivity index (χ1n) is 7.08. The van der Waals surface area contributed by atoms with Crippen molar-refractivity contribution < 1.29 is 18.7 Å². The minimum Gasteiger partial charge on any atom is -0.457 e. The number of hydrogen-bond acceptors (Lipinski definition) is 4. The van der Waals surface area contributed by atoms with Gasteiger partial charge in [-0.15, -0.1) is 0 Å². The molecule has 1 aliphatic carbocycles. The summed E-state index contributed by atoms with van der Waals surface area (Å²) in [7, 11) is 0. The highest BCUT2D eigenvalue weighted by Crippen LogP contribution is 2.29. The largest absolute Gasteiger partial charge is 0.457 e. The third-order valence-electron chi connectivity index (χ3n) is 4.11. The molecule has 1 N–H and O–H groups in total. The number of nitrogens with one attached hydrogen (secondary N) is 1. The zero-order chi connectivity index (χ0) is 14.5. The summed E-state index contributed by atoms with van der Waals surface area (Å²) in [4.78, 5) is 23.3. The molecular formula is C15H21NO4. The number of rotatable bonds is 4. The number of amides is 1. The standard InChI is InChI=1S/C15H21NO4/c1-10-5-3-6-12(11(10)2)16-14(17)9-20-15(18)13-7-4-8-19-13/h4,7-8,10-12H,3,5-6,9H2,1-2H3,(H,16,17)/t10-,11-,12-/m1/s1. The number of furan rings is 1. The number of hydrogen-bond donors (Lipinski definition) is 1. The molecule has 5 heteroatoms. The summed E-state index contributed by atoms with van der Waals surface area (Å²) in [5, 5.41) is 2.95. The van der Waals surface area contributed by atoms with Gasteiger partial charge in [0, 0.05) is 6.04 Å². The molecule has 110 valence electrons. The van der Waals surface area contributed by atoms with E-state index in [1.165, 1.54) is 18.8 Å². The summed E-state index contributed by atoms with van der Waals surface area (Å²) < 4.78 is 9.81. The van der Waals surface area contributed by atoms with Crippen LogP contribution in [0, 0.1) is 11.8 Å². The number of ether oxygens (including phenoxy) is 1. The van der Waals surface area contributed by atoms with Crippen molar-refractivity contribution in [2.45, 2.75) is 39.2 Å². The van der Waals surface area contributed by atoms with E-state index in [4.69, 9.17) is 9.15 Å². The van der Waals surface area contributed by atoms with Crippen LogP contribution in [-0.4, -0.2) is 24.5 Å². The van der Waals surface area contributed by atoms with Crippen LogP contribution in [0.3, 0.4) is 0 Å². The van der Waals surface area contributed by atoms with Gasteiger partial charge in [0.05, 0.1) is 6.26 Å². The summed E-state index contributed by atoms with van der Waals surface area (Å²) in [6, 6.07) is 3.28. The number of carbonyl (C=O) groups is 2. The van der Waals surface area contributed by atoms with Gasteiger partial charge in [0.1, 0.15) is 0 Å². The fraction of sp³-hybridized carbons (Fsp3) is 0.600. The molecule has 1 aromatic heterocycles. The first-order valence-corrected chi connectivity index (χ1v) is 7.08. The van der Waals surface area contributed by atoms with Crippen LogP contribution >= 0.6 is 0 Å². The van der Waals surface area contributed by atoms with Crippen molar-refractivity contribution in [2.75, 3.05) is 6.61 Å². The van der Waals surface area contributed by atoms with E-state index in [0.717, 1.165) is 12.8 Å². The lowest BCUT2D eigenvalue weighted by atomic mass is 9.78. The molecule has 2 rings (SSSR count). The van der Waals surface area contributed by atoms with E-state index in [2.05, 4.69) is 19.2 Å². The fourth-order valence-electron chi connectivity index (χ4n) is 2.63. The van der Waals surface area contributed by atoms with E-state index in [0.29, 0.717) is 11.8 Å². The highest BCUT2D eigenvalue weighted by molar-refractivity contribution is 5.88. The van der Waals surface area contributed by atoms with Crippen LogP contribution in [0.1, 0.15) is 43.7 Å². The average molecular weight is 279 g/mol. The molecule has 1 fully saturated rings. The van der Waals surface area contributed by atoms with Gasteiger partial charge < -0.3 is 14.5 Å². The second kappa shape index (κ2) is 6.59. The predicted molar refractivity (Wildman–Crippen MR) is 73.1 cm³/mol. The molecule has 1 aliphatic rings. The fourth-order valence-corrected chi connectivity index (χ4v) is 2.63. The Morgan fingerprint density at radius 1 is 1.40 bits per heavy atom. The molecule has 3 atom stereocenters. The van der Waals surface area contributed by atoms with Crippen molar-refractivity contribution in [1.29, 1.82) is 0 Å². The van der Waals surface area contributed by atoms with Crippen molar-refractivity contribution in [2.24, 2.45) is 11.8 Å². The van der Waals surface area contributed by atoms with E-state index in [1.54, 1.807) is 6.07 Å². The van der Waals surface area contributed by atoms with Crippen LogP contribution in [-0.2, 0) is 9.53 Å². The second-order valence-corrected chi connectivity index (χ2v) is 5.49. The highest BCUT2D eigenvalue weighted by atomic mass is 16.5. The minimum atomic E-state index is -0.616. The Bertz CT molecular complexity index is 454. The molecule has 0 aromatic carbocycles. The molecule has 1 saturated carbocycles. The molecule has 1 amide bonds. The van der Waals surface area contributed by atoms with Gasteiger partial charge in [0.15, 0.2) is 6.61 Å². The van der Waals surface area contributed by atoms with Gasteiger partial charge in [-0.2, -0.15) is 0 Å². The Hall–Kier alpha value is -1.78. The van der Waals surface area contributed by atoms with Crippen LogP contribution in [0.15, 0.2) is 22.8 Å². The van der Waals surface area contributed by atoms with E-state index >= 15 is 0 Å². The van der Waals surface area contributed by atoms with Crippen molar-refractivity contribution in [1.82, 2.24) is 5.32 Å². The Labute approximate surface area is 118 Å². The Morgan fingerprint density at radius 3 is 2.90 bits per heavy atom. The first kappa shape index (κ1) is 14.6. The molecule has 20 heavy (non-hydrogen) atoms. The third kappa shape index (κ3) is 3.62. The maximum absolute atomic E-state index is 11.8. The molecule has 5 nitrogen and oxygen atoms in total. The number of carbonyl (C=O) groups excluding carboxylic acids is 2. The van der Waals surface area contributed by atoms with Crippen LogP contribution in [0.2, 0.25) is 0 Å². The maximum atomic E-state index is 11.8. The van der Waals surface area contributed by atoms with Crippen molar-refractivity contribution in [3.63, 3.8) is 0 Å². The summed E-state index contributed by atoms with van der Waals surface area (Å²) in [5.74, 6) is 0.303. The van der Waals surface area contributed by atoms with Crippen LogP contribution in [0.5, 0.6) is 0 Å². The Morgan fingerprint density at radius 2 is 2.20 bits per heavy atom. The van der Waals surface area contributed by atoms with Crippen LogP contribution in [0.25, 0.3) is 0 Å². The Balaban J connectivity index is 1.76. The van der Waals surface area contributed by atoms with Gasteiger partial charge in [0.2, 0.25) is 5.76 Å². The maximum Gasteiger partial charge on any atom is 0.374 e. The van der Waals surface area contributed by atoms with Gasteiger partial charge in [0.25, 0.3) is 5.91 Å². The average Bonchev–Trinajstić information content (AvgIpc) is 2.95. The SMILES string of the molecule is C[C@@H]1[C@H](C)CCC[C@H]1NC(=O)COC(=O)c1ccco1. The first-order chi connectivity index (χ1) is 9.58. The van der Waals surface area contributed by atoms with Gasteiger partial charge >= 0.3 is 5.97 Å². The summed E-state index contributed by atoms with van der Waals surface area (Å²) in [6.45, 7) is 4.10. The van der Waals surface area contributed by atoms with E-state index < -0.39 is 5.97 Å². The zero-order valence-electron chi connectivity index (χ0n) is 11.9. The van der Waals surface area contributed by atoms with E-state index in [1.807, 2.05) is 0 Å². The van der Waals surface area contributed by atoms with Gasteiger partial charge in [-0.1, -0.05) is 26.7 Å². The van der Waals surface area contributed by atoms with Crippen LogP contribution < -0.4 is 5.32 Å². The molecule has 0 spiro atoms. The van der Waals surface area contributed by atoms with Gasteiger partial charge in [-0.25, -0.2) is 4.79 Å². The minimum absolute atomic E-state index is 0.109. The lowest BCUT2D eigenvalue weighted by molar-refractivity contribution is -0.125. The van der Waals surface area contributed by atoms with E-state index in [9.17, 15) is 9.59 Å². The normalized spacial score (nSPS) is 26.0.